The molecule has 0 aliphatic heterocycles. The van der Waals surface area contributed by atoms with E-state index in [9.17, 15) is 19.3 Å². The third kappa shape index (κ3) is 2.22. The van der Waals surface area contributed by atoms with Gasteiger partial charge in [0.25, 0.3) is 0 Å². The Hall–Kier alpha value is -2.04. The van der Waals surface area contributed by atoms with Gasteiger partial charge in [-0.3, -0.25) is 14.9 Å². The number of halogens is 1. The molecule has 0 spiro atoms. The number of hydrogen-bond donors (Lipinski definition) is 0. The van der Waals surface area contributed by atoms with E-state index in [0.717, 1.165) is 12.1 Å². The number of nitro benzene ring substituents is 1. The van der Waals surface area contributed by atoms with E-state index in [-0.39, 0.29) is 0 Å². The summed E-state index contributed by atoms with van der Waals surface area (Å²) in [5.41, 5.74) is -0.191. The fourth-order valence-corrected chi connectivity index (χ4v) is 0.924. The van der Waals surface area contributed by atoms with E-state index in [4.69, 9.17) is 0 Å². The summed E-state index contributed by atoms with van der Waals surface area (Å²) < 4.78 is 12.8. The lowest BCUT2D eigenvalue weighted by Gasteiger charge is -1.95. The average Bonchev–Trinajstić information content (AvgIpc) is 2.16. The van der Waals surface area contributed by atoms with Gasteiger partial charge in [-0.2, -0.15) is 4.39 Å². The van der Waals surface area contributed by atoms with Crippen LogP contribution in [0.5, 0.6) is 0 Å². The van der Waals surface area contributed by atoms with Gasteiger partial charge in [0.1, 0.15) is 6.29 Å². The highest BCUT2D eigenvalue weighted by Crippen LogP contribution is 2.18. The first-order chi connectivity index (χ1) is 6.65. The average molecular weight is 195 g/mol. The van der Waals surface area contributed by atoms with Crippen LogP contribution in [0.1, 0.15) is 5.56 Å². The molecule has 0 aliphatic rings. The quantitative estimate of drug-likeness (QED) is 0.320. The summed E-state index contributed by atoms with van der Waals surface area (Å²) in [6.07, 6.45) is 3.07. The predicted molar refractivity (Wildman–Crippen MR) is 48.2 cm³/mol. The van der Waals surface area contributed by atoms with Crippen molar-refractivity contribution in [3.63, 3.8) is 0 Å². The normalized spacial score (nSPS) is 10.4. The van der Waals surface area contributed by atoms with E-state index < -0.39 is 16.4 Å². The van der Waals surface area contributed by atoms with Crippen LogP contribution in [0, 0.1) is 15.9 Å². The maximum Gasteiger partial charge on any atom is 0.305 e. The van der Waals surface area contributed by atoms with Crippen molar-refractivity contribution >= 4 is 18.0 Å². The van der Waals surface area contributed by atoms with Gasteiger partial charge in [0, 0.05) is 6.07 Å². The molecule has 0 saturated carbocycles. The maximum absolute atomic E-state index is 12.8. The molecule has 0 unspecified atom stereocenters. The second-order valence-electron chi connectivity index (χ2n) is 2.46. The minimum absolute atomic E-state index is 0.408. The van der Waals surface area contributed by atoms with Crippen molar-refractivity contribution in [1.82, 2.24) is 0 Å². The molecular formula is C9H6FNO3. The second-order valence-corrected chi connectivity index (χ2v) is 2.46. The standard InChI is InChI=1S/C9H6FNO3/c10-8-4-3-7(2-1-5-12)6-9(8)11(13)14/h1-6H/b2-1+. The number of nitrogens with zero attached hydrogens (tertiary/aromatic N) is 1. The fraction of sp³-hybridized carbons (Fsp3) is 0. The molecule has 72 valence electrons. The van der Waals surface area contributed by atoms with Crippen molar-refractivity contribution in [2.24, 2.45) is 0 Å². The number of benzene rings is 1. The molecule has 0 bridgehead atoms. The molecule has 1 aromatic rings. The summed E-state index contributed by atoms with van der Waals surface area (Å²) in [6, 6.07) is 3.40. The molecule has 14 heavy (non-hydrogen) atoms. The lowest BCUT2D eigenvalue weighted by atomic mass is 10.2. The Morgan fingerprint density at radius 3 is 2.71 bits per heavy atom. The van der Waals surface area contributed by atoms with Gasteiger partial charge >= 0.3 is 5.69 Å². The van der Waals surface area contributed by atoms with E-state index in [2.05, 4.69) is 0 Å². The Morgan fingerprint density at radius 1 is 1.43 bits per heavy atom. The van der Waals surface area contributed by atoms with Gasteiger partial charge in [-0.25, -0.2) is 0 Å². The predicted octanol–water partition coefficient (Wildman–Crippen LogP) is 1.95. The Balaban J connectivity index is 3.12. The van der Waals surface area contributed by atoms with E-state index in [0.29, 0.717) is 11.8 Å². The maximum atomic E-state index is 12.8. The van der Waals surface area contributed by atoms with Crippen molar-refractivity contribution in [2.75, 3.05) is 0 Å². The Morgan fingerprint density at radius 2 is 2.14 bits per heavy atom. The molecule has 0 fully saturated rings. The lowest BCUT2D eigenvalue weighted by molar-refractivity contribution is -0.387. The lowest BCUT2D eigenvalue weighted by Crippen LogP contribution is -1.92. The van der Waals surface area contributed by atoms with Crippen molar-refractivity contribution in [1.29, 1.82) is 0 Å². The van der Waals surface area contributed by atoms with E-state index in [1.54, 1.807) is 0 Å². The van der Waals surface area contributed by atoms with Crippen molar-refractivity contribution in [3.8, 4) is 0 Å². The first kappa shape index (κ1) is 10.0. The zero-order valence-corrected chi connectivity index (χ0v) is 7.01. The van der Waals surface area contributed by atoms with Gasteiger partial charge in [-0.1, -0.05) is 12.1 Å². The van der Waals surface area contributed by atoms with Gasteiger partial charge in [0.2, 0.25) is 5.82 Å². The fourth-order valence-electron chi connectivity index (χ4n) is 0.924. The van der Waals surface area contributed by atoms with Crippen LogP contribution in [0.3, 0.4) is 0 Å². The van der Waals surface area contributed by atoms with Crippen molar-refractivity contribution in [2.45, 2.75) is 0 Å². The van der Waals surface area contributed by atoms with Gasteiger partial charge in [-0.05, 0) is 17.7 Å². The number of allylic oxidation sites excluding steroid dienone is 1. The van der Waals surface area contributed by atoms with Crippen LogP contribution in [-0.4, -0.2) is 11.2 Å². The third-order valence-corrected chi connectivity index (χ3v) is 1.53. The van der Waals surface area contributed by atoms with E-state index in [1.807, 2.05) is 0 Å². The van der Waals surface area contributed by atoms with Crippen LogP contribution in [0.4, 0.5) is 10.1 Å². The molecule has 0 saturated heterocycles. The van der Waals surface area contributed by atoms with Crippen LogP contribution in [0.2, 0.25) is 0 Å². The van der Waals surface area contributed by atoms with Crippen LogP contribution >= 0.6 is 0 Å². The Kier molecular flexibility index (Phi) is 3.06. The highest BCUT2D eigenvalue weighted by molar-refractivity contribution is 5.74. The first-order valence-corrected chi connectivity index (χ1v) is 3.71. The zero-order valence-electron chi connectivity index (χ0n) is 7.01. The van der Waals surface area contributed by atoms with Crippen LogP contribution < -0.4 is 0 Å². The Bertz CT molecular complexity index is 401. The number of nitro groups is 1. The van der Waals surface area contributed by atoms with Crippen molar-refractivity contribution < 1.29 is 14.1 Å². The molecule has 0 atom stereocenters. The number of rotatable bonds is 3. The van der Waals surface area contributed by atoms with Crippen molar-refractivity contribution in [3.05, 3.63) is 45.8 Å². The zero-order chi connectivity index (χ0) is 10.6. The van der Waals surface area contributed by atoms with Gasteiger partial charge in [-0.15, -0.1) is 0 Å². The SMILES string of the molecule is O=C/C=C/c1ccc(F)c([N+](=O)[O-])c1. The summed E-state index contributed by atoms with van der Waals surface area (Å²) in [6.45, 7) is 0. The van der Waals surface area contributed by atoms with E-state index in [1.165, 1.54) is 18.2 Å². The van der Waals surface area contributed by atoms with Crippen LogP contribution in [-0.2, 0) is 4.79 Å². The number of aldehydes is 1. The summed E-state index contributed by atoms with van der Waals surface area (Å²) in [4.78, 5) is 19.5. The monoisotopic (exact) mass is 195 g/mol. The number of carbonyl (C=O) groups excluding carboxylic acids is 1. The van der Waals surface area contributed by atoms with Crippen LogP contribution in [0.25, 0.3) is 6.08 Å². The van der Waals surface area contributed by atoms with Gasteiger partial charge in [0.15, 0.2) is 0 Å². The summed E-state index contributed by atoms with van der Waals surface area (Å²) in [7, 11) is 0. The molecule has 4 nitrogen and oxygen atoms in total. The molecule has 0 N–H and O–H groups in total. The molecule has 0 aliphatic carbocycles. The molecule has 0 aromatic heterocycles. The summed E-state index contributed by atoms with van der Waals surface area (Å²) in [5, 5.41) is 10.3. The molecule has 0 heterocycles. The highest BCUT2D eigenvalue weighted by atomic mass is 19.1. The summed E-state index contributed by atoms with van der Waals surface area (Å²) in [5.74, 6) is -0.891. The minimum atomic E-state index is -0.891. The summed E-state index contributed by atoms with van der Waals surface area (Å²) >= 11 is 0. The molecular weight excluding hydrogens is 189 g/mol. The minimum Gasteiger partial charge on any atom is -0.299 e. The number of hydrogen-bond acceptors (Lipinski definition) is 3. The third-order valence-electron chi connectivity index (χ3n) is 1.53. The largest absolute Gasteiger partial charge is 0.305 e. The van der Waals surface area contributed by atoms with Gasteiger partial charge < -0.3 is 0 Å². The Labute approximate surface area is 78.8 Å². The first-order valence-electron chi connectivity index (χ1n) is 3.71. The topological polar surface area (TPSA) is 60.2 Å². The molecule has 1 aromatic carbocycles. The highest BCUT2D eigenvalue weighted by Gasteiger charge is 2.12. The molecule has 5 heteroatoms. The second kappa shape index (κ2) is 4.27. The molecule has 0 amide bonds. The smallest absolute Gasteiger partial charge is 0.299 e. The van der Waals surface area contributed by atoms with Gasteiger partial charge in [0.05, 0.1) is 4.92 Å². The van der Waals surface area contributed by atoms with E-state index >= 15 is 0 Å². The van der Waals surface area contributed by atoms with Crippen LogP contribution in [0.15, 0.2) is 24.3 Å². The molecule has 1 rings (SSSR count). The molecule has 0 radical (unpaired) electrons. The number of carbonyl (C=O) groups is 1.